The number of rotatable bonds is 6. The molecule has 2 heterocycles. The van der Waals surface area contributed by atoms with Crippen molar-refractivity contribution in [3.8, 4) is 33.4 Å². The first-order valence-electron chi connectivity index (χ1n) is 18.7. The van der Waals surface area contributed by atoms with Crippen LogP contribution in [0.15, 0.2) is 200 Å². The third kappa shape index (κ3) is 5.51. The van der Waals surface area contributed by atoms with E-state index in [0.717, 1.165) is 11.4 Å². The number of benzene rings is 9. The Balaban J connectivity index is 1.00. The Labute approximate surface area is 327 Å². The van der Waals surface area contributed by atoms with Crippen molar-refractivity contribution in [3.05, 3.63) is 200 Å². The van der Waals surface area contributed by atoms with Crippen LogP contribution in [0.2, 0.25) is 0 Å². The summed E-state index contributed by atoms with van der Waals surface area (Å²) in [7, 11) is 0. The Morgan fingerprint density at radius 3 is 1.60 bits per heavy atom. The highest BCUT2D eigenvalue weighted by Crippen LogP contribution is 2.45. The molecule has 0 radical (unpaired) electrons. The van der Waals surface area contributed by atoms with Crippen molar-refractivity contribution >= 4 is 90.9 Å². The van der Waals surface area contributed by atoms with Crippen LogP contribution in [0.4, 0.5) is 17.1 Å². The van der Waals surface area contributed by atoms with Crippen LogP contribution in [-0.2, 0) is 0 Å². The van der Waals surface area contributed by atoms with Crippen molar-refractivity contribution in [1.29, 1.82) is 0 Å². The highest BCUT2D eigenvalue weighted by atomic mass is 32.1. The molecule has 0 saturated carbocycles. The fourth-order valence-corrected chi connectivity index (χ4v) is 10.5. The highest BCUT2D eigenvalue weighted by Gasteiger charge is 2.19. The van der Waals surface area contributed by atoms with Gasteiger partial charge in [-0.05, 0) is 105 Å². The Kier molecular flexibility index (Phi) is 7.61. The number of thiophene rings is 2. The molecule has 258 valence electrons. The smallest absolute Gasteiger partial charge is 0.0640 e. The van der Waals surface area contributed by atoms with E-state index in [1.54, 1.807) is 0 Å². The monoisotopic (exact) mass is 735 g/mol. The fraction of sp³-hybridized carbons (Fsp3) is 0. The summed E-state index contributed by atoms with van der Waals surface area (Å²) in [6.45, 7) is 0. The fourth-order valence-electron chi connectivity index (χ4n) is 8.19. The quantitative estimate of drug-likeness (QED) is 0.164. The SMILES string of the molecule is c1cc(-c2ccc(N(c3ccc(-c4ccc5sc6ccccc6c5c4)cc3)c3cccc4c3sc3ccccc34)cc2)cc(-c2cccc3ccccc23)c1. The van der Waals surface area contributed by atoms with Crippen LogP contribution >= 0.6 is 22.7 Å². The summed E-state index contributed by atoms with van der Waals surface area (Å²) in [6.07, 6.45) is 0. The van der Waals surface area contributed by atoms with Gasteiger partial charge in [0.15, 0.2) is 0 Å². The lowest BCUT2D eigenvalue weighted by atomic mass is 9.95. The van der Waals surface area contributed by atoms with Gasteiger partial charge in [0.2, 0.25) is 0 Å². The highest BCUT2D eigenvalue weighted by molar-refractivity contribution is 7.26. The lowest BCUT2D eigenvalue weighted by Crippen LogP contribution is -2.10. The molecule has 55 heavy (non-hydrogen) atoms. The summed E-state index contributed by atoms with van der Waals surface area (Å²) in [5.41, 5.74) is 10.8. The maximum Gasteiger partial charge on any atom is 0.0640 e. The molecule has 11 rings (SSSR count). The minimum Gasteiger partial charge on any atom is -0.309 e. The van der Waals surface area contributed by atoms with Crippen molar-refractivity contribution < 1.29 is 0 Å². The molecule has 0 atom stereocenters. The molecule has 0 aliphatic rings. The van der Waals surface area contributed by atoms with Crippen LogP contribution in [0.5, 0.6) is 0 Å². The molecule has 0 saturated heterocycles. The van der Waals surface area contributed by atoms with Gasteiger partial charge in [0.1, 0.15) is 0 Å². The van der Waals surface area contributed by atoms with E-state index in [-0.39, 0.29) is 0 Å². The molecule has 0 unspecified atom stereocenters. The molecule has 11 aromatic rings. The third-order valence-electron chi connectivity index (χ3n) is 10.9. The number of fused-ring (bicyclic) bond motifs is 7. The average Bonchev–Trinajstić information content (AvgIpc) is 3.83. The predicted molar refractivity (Wildman–Crippen MR) is 241 cm³/mol. The maximum atomic E-state index is 2.42. The normalized spacial score (nSPS) is 11.6. The van der Waals surface area contributed by atoms with E-state index < -0.39 is 0 Å². The van der Waals surface area contributed by atoms with Gasteiger partial charge in [-0.15, -0.1) is 22.7 Å². The zero-order chi connectivity index (χ0) is 36.3. The number of anilines is 3. The second-order valence-electron chi connectivity index (χ2n) is 14.1. The van der Waals surface area contributed by atoms with E-state index in [0.29, 0.717) is 0 Å². The van der Waals surface area contributed by atoms with Crippen molar-refractivity contribution in [2.24, 2.45) is 0 Å². The Morgan fingerprint density at radius 2 is 0.836 bits per heavy atom. The number of nitrogens with zero attached hydrogens (tertiary/aromatic N) is 1. The summed E-state index contributed by atoms with van der Waals surface area (Å²) in [5, 5.41) is 7.77. The molecule has 0 bridgehead atoms. The molecule has 0 aliphatic heterocycles. The van der Waals surface area contributed by atoms with Crippen molar-refractivity contribution in [2.45, 2.75) is 0 Å². The summed E-state index contributed by atoms with van der Waals surface area (Å²) in [6, 6.07) is 73.4. The largest absolute Gasteiger partial charge is 0.309 e. The van der Waals surface area contributed by atoms with E-state index in [1.807, 2.05) is 22.7 Å². The van der Waals surface area contributed by atoms with Gasteiger partial charge in [-0.3, -0.25) is 0 Å². The zero-order valence-electron chi connectivity index (χ0n) is 29.8. The second kappa shape index (κ2) is 13.1. The van der Waals surface area contributed by atoms with E-state index in [4.69, 9.17) is 0 Å². The first-order valence-corrected chi connectivity index (χ1v) is 20.3. The Hall–Kier alpha value is -6.52. The van der Waals surface area contributed by atoms with Crippen LogP contribution < -0.4 is 4.90 Å². The zero-order valence-corrected chi connectivity index (χ0v) is 31.4. The van der Waals surface area contributed by atoms with Gasteiger partial charge in [-0.25, -0.2) is 0 Å². The van der Waals surface area contributed by atoms with Crippen molar-refractivity contribution in [2.75, 3.05) is 4.90 Å². The maximum absolute atomic E-state index is 2.42. The summed E-state index contributed by atoms with van der Waals surface area (Å²) >= 11 is 3.73. The van der Waals surface area contributed by atoms with E-state index in [1.165, 1.54) is 90.2 Å². The van der Waals surface area contributed by atoms with Crippen LogP contribution in [0, 0.1) is 0 Å². The number of hydrogen-bond donors (Lipinski definition) is 0. The molecule has 0 N–H and O–H groups in total. The van der Waals surface area contributed by atoms with Crippen LogP contribution in [0.25, 0.3) is 84.5 Å². The van der Waals surface area contributed by atoms with Gasteiger partial charge >= 0.3 is 0 Å². The number of hydrogen-bond acceptors (Lipinski definition) is 3. The van der Waals surface area contributed by atoms with E-state index in [9.17, 15) is 0 Å². The van der Waals surface area contributed by atoms with E-state index in [2.05, 4.69) is 205 Å². The molecule has 0 aliphatic carbocycles. The van der Waals surface area contributed by atoms with E-state index >= 15 is 0 Å². The van der Waals surface area contributed by atoms with Crippen LogP contribution in [0.1, 0.15) is 0 Å². The molecule has 1 nitrogen and oxygen atoms in total. The molecule has 9 aromatic carbocycles. The minimum atomic E-state index is 1.12. The summed E-state index contributed by atoms with van der Waals surface area (Å²) in [4.78, 5) is 2.42. The first kappa shape index (κ1) is 32.0. The van der Waals surface area contributed by atoms with Gasteiger partial charge < -0.3 is 4.90 Å². The summed E-state index contributed by atoms with van der Waals surface area (Å²) in [5.74, 6) is 0. The second-order valence-corrected chi connectivity index (χ2v) is 16.2. The van der Waals surface area contributed by atoms with Crippen LogP contribution in [-0.4, -0.2) is 0 Å². The van der Waals surface area contributed by atoms with Gasteiger partial charge in [0.05, 0.1) is 10.4 Å². The van der Waals surface area contributed by atoms with Crippen molar-refractivity contribution in [3.63, 3.8) is 0 Å². The molecule has 3 heteroatoms. The lowest BCUT2D eigenvalue weighted by molar-refractivity contribution is 1.30. The molecule has 2 aromatic heterocycles. The Morgan fingerprint density at radius 1 is 0.309 bits per heavy atom. The summed E-state index contributed by atoms with van der Waals surface area (Å²) < 4.78 is 5.25. The predicted octanol–water partition coefficient (Wildman–Crippen LogP) is 16.0. The molecular weight excluding hydrogens is 703 g/mol. The molecular formula is C52H33NS2. The van der Waals surface area contributed by atoms with Crippen molar-refractivity contribution in [1.82, 2.24) is 0 Å². The molecule has 0 spiro atoms. The van der Waals surface area contributed by atoms with Gasteiger partial charge in [-0.1, -0.05) is 140 Å². The first-order chi connectivity index (χ1) is 27.2. The topological polar surface area (TPSA) is 3.24 Å². The molecule has 0 fully saturated rings. The minimum absolute atomic E-state index is 1.12. The molecule has 0 amide bonds. The third-order valence-corrected chi connectivity index (χ3v) is 13.2. The standard InChI is InChI=1S/C52H33NS2/c1-2-14-42-36(10-1)11-8-17-43(42)39-13-7-12-37(32-39)34-22-27-40(28-23-34)53(48-19-9-18-46-44-15-3-6-21-50(44)55-52(46)48)41-29-24-35(25-30-41)38-26-31-51-47(33-38)45-16-4-5-20-49(45)54-51/h1-33H. The van der Waals surface area contributed by atoms with Gasteiger partial charge in [0.25, 0.3) is 0 Å². The average molecular weight is 736 g/mol. The lowest BCUT2D eigenvalue weighted by Gasteiger charge is -2.26. The van der Waals surface area contributed by atoms with Crippen LogP contribution in [0.3, 0.4) is 0 Å². The Bertz CT molecular complexity index is 3200. The van der Waals surface area contributed by atoms with Gasteiger partial charge in [0, 0.05) is 47.0 Å². The van der Waals surface area contributed by atoms with Gasteiger partial charge in [-0.2, -0.15) is 0 Å².